The number of benzene rings is 1. The second-order valence-corrected chi connectivity index (χ2v) is 8.34. The van der Waals surface area contributed by atoms with Gasteiger partial charge in [0.15, 0.2) is 0 Å². The third kappa shape index (κ3) is 7.24. The molecular weight excluding hydrogens is 465 g/mol. The van der Waals surface area contributed by atoms with E-state index in [2.05, 4.69) is 20.9 Å². The Morgan fingerprint density at radius 3 is 2.46 bits per heavy atom. The monoisotopic (exact) mass is 494 g/mol. The largest absolute Gasteiger partial charge is 0.456 e. The van der Waals surface area contributed by atoms with Crippen LogP contribution in [0.5, 0.6) is 0 Å². The highest BCUT2D eigenvalue weighted by Gasteiger charge is 2.40. The van der Waals surface area contributed by atoms with Gasteiger partial charge in [-0.2, -0.15) is 13.2 Å². The number of hydrogen-bond acceptors (Lipinski definition) is 5. The van der Waals surface area contributed by atoms with Gasteiger partial charge in [-0.05, 0) is 64.2 Å². The van der Waals surface area contributed by atoms with E-state index in [0.29, 0.717) is 31.4 Å². The molecule has 0 saturated heterocycles. The highest BCUT2D eigenvalue weighted by molar-refractivity contribution is 6.10. The number of nitrogens with one attached hydrogen (secondary N) is 3. The molecule has 1 saturated carbocycles. The first-order valence-electron chi connectivity index (χ1n) is 11.4. The number of alkyl carbamates (subject to hydrolysis) is 1. The van der Waals surface area contributed by atoms with Crippen LogP contribution in [-0.4, -0.2) is 36.7 Å². The first-order chi connectivity index (χ1) is 16.6. The third-order valence-electron chi connectivity index (χ3n) is 5.59. The van der Waals surface area contributed by atoms with Crippen LogP contribution in [0.4, 0.5) is 23.7 Å². The summed E-state index contributed by atoms with van der Waals surface area (Å²) in [7, 11) is 0. The molecule has 0 bridgehead atoms. The standard InChI is InChI=1S/C24H29F3N4O4/c1-4-34-23(33)29-17-11-9-16(10-12-17)28-22(30-19-8-6-5-7-14(19)2)31-21(32)18-13-15(3)35-20(18)24(25,26)27/h5-8,13,16-17H,4,9-12H2,1-3H3,(H,29,33)(H2,28,30,31,32). The summed E-state index contributed by atoms with van der Waals surface area (Å²) in [5.74, 6) is -2.32. The Morgan fingerprint density at radius 1 is 1.14 bits per heavy atom. The zero-order valence-electron chi connectivity index (χ0n) is 19.8. The van der Waals surface area contributed by atoms with Gasteiger partial charge in [0.2, 0.25) is 11.7 Å². The zero-order chi connectivity index (χ0) is 25.6. The van der Waals surface area contributed by atoms with E-state index >= 15 is 0 Å². The molecule has 1 heterocycles. The topological polar surface area (TPSA) is 105 Å². The van der Waals surface area contributed by atoms with Gasteiger partial charge in [-0.3, -0.25) is 10.1 Å². The van der Waals surface area contributed by atoms with E-state index < -0.39 is 29.5 Å². The number of guanidine groups is 1. The summed E-state index contributed by atoms with van der Waals surface area (Å²) in [5, 5.41) is 8.33. The molecule has 1 aliphatic rings. The van der Waals surface area contributed by atoms with Gasteiger partial charge in [0, 0.05) is 11.7 Å². The molecule has 0 unspecified atom stereocenters. The second kappa shape index (κ2) is 11.3. The lowest BCUT2D eigenvalue weighted by Gasteiger charge is -2.27. The minimum absolute atomic E-state index is 0.0275. The number of furan rings is 1. The number of halogens is 3. The lowest BCUT2D eigenvalue weighted by molar-refractivity contribution is -0.153. The van der Waals surface area contributed by atoms with Gasteiger partial charge in [0.05, 0.1) is 18.2 Å². The molecule has 1 fully saturated rings. The van der Waals surface area contributed by atoms with Gasteiger partial charge in [0.1, 0.15) is 5.76 Å². The van der Waals surface area contributed by atoms with Crippen LogP contribution in [-0.2, 0) is 10.9 Å². The maximum Gasteiger partial charge on any atom is 0.450 e. The Hall–Kier alpha value is -3.50. The van der Waals surface area contributed by atoms with Crippen molar-refractivity contribution < 1.29 is 31.9 Å². The number of rotatable bonds is 5. The Bertz CT molecular complexity index is 1070. The van der Waals surface area contributed by atoms with Crippen LogP contribution in [0.3, 0.4) is 0 Å². The Kier molecular flexibility index (Phi) is 8.42. The van der Waals surface area contributed by atoms with Crippen LogP contribution >= 0.6 is 0 Å². The first-order valence-corrected chi connectivity index (χ1v) is 11.4. The highest BCUT2D eigenvalue weighted by atomic mass is 19.4. The molecule has 190 valence electrons. The quantitative estimate of drug-likeness (QED) is 0.393. The summed E-state index contributed by atoms with van der Waals surface area (Å²) >= 11 is 0. The molecule has 1 aromatic heterocycles. The molecule has 0 radical (unpaired) electrons. The van der Waals surface area contributed by atoms with Gasteiger partial charge in [-0.1, -0.05) is 18.2 Å². The number of carbonyl (C=O) groups excluding carboxylic acids is 2. The van der Waals surface area contributed by atoms with Gasteiger partial charge in [-0.25, -0.2) is 9.79 Å². The maximum absolute atomic E-state index is 13.3. The molecule has 8 nitrogen and oxygen atoms in total. The summed E-state index contributed by atoms with van der Waals surface area (Å²) in [6.07, 6.45) is -2.75. The number of para-hydroxylation sites is 1. The molecule has 2 amide bonds. The average Bonchev–Trinajstić information content (AvgIpc) is 3.19. The molecule has 35 heavy (non-hydrogen) atoms. The van der Waals surface area contributed by atoms with E-state index in [4.69, 9.17) is 9.15 Å². The normalized spacial score (nSPS) is 18.6. The van der Waals surface area contributed by atoms with E-state index in [0.717, 1.165) is 11.6 Å². The molecule has 0 aliphatic heterocycles. The summed E-state index contributed by atoms with van der Waals surface area (Å²) in [6.45, 7) is 5.21. The van der Waals surface area contributed by atoms with E-state index in [1.54, 1.807) is 19.1 Å². The molecule has 0 atom stereocenters. The summed E-state index contributed by atoms with van der Waals surface area (Å²) < 4.78 is 49.7. The molecule has 3 N–H and O–H groups in total. The predicted octanol–water partition coefficient (Wildman–Crippen LogP) is 5.17. The highest BCUT2D eigenvalue weighted by Crippen LogP contribution is 2.34. The summed E-state index contributed by atoms with van der Waals surface area (Å²) in [6, 6.07) is 8.08. The van der Waals surface area contributed by atoms with Crippen molar-refractivity contribution in [2.45, 2.75) is 64.7 Å². The summed E-state index contributed by atoms with van der Waals surface area (Å²) in [5.41, 5.74) is 0.909. The number of anilines is 1. The van der Waals surface area contributed by atoms with E-state index in [1.807, 2.05) is 19.1 Å². The SMILES string of the molecule is CCOC(=O)NC1CCC(N=C(NC(=O)c2cc(C)oc2C(F)(F)F)Nc2ccccc2C)CC1. The number of aryl methyl sites for hydroxylation is 2. The number of nitrogens with zero attached hydrogens (tertiary/aromatic N) is 1. The molecule has 0 spiro atoms. The average molecular weight is 495 g/mol. The molecular formula is C24H29F3N4O4. The molecule has 2 aromatic rings. The number of alkyl halides is 3. The van der Waals surface area contributed by atoms with E-state index in [-0.39, 0.29) is 30.4 Å². The van der Waals surface area contributed by atoms with Gasteiger partial charge in [0.25, 0.3) is 5.91 Å². The smallest absolute Gasteiger partial charge is 0.450 e. The fourth-order valence-corrected chi connectivity index (χ4v) is 3.88. The molecule has 1 aromatic carbocycles. The minimum Gasteiger partial charge on any atom is -0.456 e. The van der Waals surface area contributed by atoms with Crippen molar-refractivity contribution in [3.8, 4) is 0 Å². The Labute approximate surface area is 201 Å². The van der Waals surface area contributed by atoms with Crippen LogP contribution < -0.4 is 16.0 Å². The number of ether oxygens (including phenoxy) is 1. The van der Waals surface area contributed by atoms with Crippen molar-refractivity contribution >= 4 is 23.6 Å². The van der Waals surface area contributed by atoms with Crippen molar-refractivity contribution in [2.75, 3.05) is 11.9 Å². The van der Waals surface area contributed by atoms with Crippen molar-refractivity contribution in [1.82, 2.24) is 10.6 Å². The van der Waals surface area contributed by atoms with E-state index in [1.165, 1.54) is 6.92 Å². The Morgan fingerprint density at radius 2 is 1.83 bits per heavy atom. The van der Waals surface area contributed by atoms with Crippen molar-refractivity contribution in [3.63, 3.8) is 0 Å². The van der Waals surface area contributed by atoms with Gasteiger partial charge < -0.3 is 19.8 Å². The summed E-state index contributed by atoms with van der Waals surface area (Å²) in [4.78, 5) is 29.1. The fourth-order valence-electron chi connectivity index (χ4n) is 3.88. The van der Waals surface area contributed by atoms with E-state index in [9.17, 15) is 22.8 Å². The van der Waals surface area contributed by atoms with Gasteiger partial charge >= 0.3 is 12.3 Å². The van der Waals surface area contributed by atoms with Crippen LogP contribution in [0, 0.1) is 13.8 Å². The van der Waals surface area contributed by atoms with Crippen LogP contribution in [0.15, 0.2) is 39.7 Å². The van der Waals surface area contributed by atoms with Crippen LogP contribution in [0.25, 0.3) is 0 Å². The lowest BCUT2D eigenvalue weighted by Crippen LogP contribution is -2.40. The fraction of sp³-hybridized carbons (Fsp3) is 0.458. The van der Waals surface area contributed by atoms with Crippen LogP contribution in [0.2, 0.25) is 0 Å². The molecule has 1 aliphatic carbocycles. The third-order valence-corrected chi connectivity index (χ3v) is 5.59. The Balaban J connectivity index is 1.78. The molecule has 3 rings (SSSR count). The van der Waals surface area contributed by atoms with Crippen LogP contribution in [0.1, 0.15) is 60.0 Å². The number of hydrogen-bond donors (Lipinski definition) is 3. The number of amides is 2. The maximum atomic E-state index is 13.3. The van der Waals surface area contributed by atoms with Gasteiger partial charge in [-0.15, -0.1) is 0 Å². The second-order valence-electron chi connectivity index (χ2n) is 8.34. The number of carbonyl (C=O) groups is 2. The first kappa shape index (κ1) is 26.1. The minimum atomic E-state index is -4.81. The number of aliphatic imine (C=N–C) groups is 1. The van der Waals surface area contributed by atoms with Crippen molar-refractivity contribution in [2.24, 2.45) is 4.99 Å². The van der Waals surface area contributed by atoms with Crippen molar-refractivity contribution in [1.29, 1.82) is 0 Å². The lowest BCUT2D eigenvalue weighted by atomic mass is 9.92. The molecule has 11 heteroatoms. The zero-order valence-corrected chi connectivity index (χ0v) is 19.8. The predicted molar refractivity (Wildman–Crippen MR) is 124 cm³/mol. The van der Waals surface area contributed by atoms with Crippen molar-refractivity contribution in [3.05, 3.63) is 53.0 Å².